The SMILES string of the molecule is O=C(Cn1ccc2c(Br)cccc21)N1CCO[C@H](c2ccccc2)C1. The van der Waals surface area contributed by atoms with Gasteiger partial charge in [0.05, 0.1) is 13.2 Å². The molecule has 25 heavy (non-hydrogen) atoms. The molecule has 0 saturated carbocycles. The van der Waals surface area contributed by atoms with Crippen molar-refractivity contribution in [3.63, 3.8) is 0 Å². The topological polar surface area (TPSA) is 34.5 Å². The summed E-state index contributed by atoms with van der Waals surface area (Å²) in [5, 5.41) is 1.12. The molecule has 128 valence electrons. The van der Waals surface area contributed by atoms with Crippen molar-refractivity contribution in [2.75, 3.05) is 19.7 Å². The Kier molecular flexibility index (Phi) is 4.59. The average Bonchev–Trinajstić information content (AvgIpc) is 3.07. The van der Waals surface area contributed by atoms with Gasteiger partial charge in [-0.25, -0.2) is 0 Å². The standard InChI is InChI=1S/C20H19BrN2O2/c21-17-7-4-8-18-16(17)9-10-22(18)14-20(24)23-11-12-25-19(13-23)15-5-2-1-3-6-15/h1-10,19H,11-14H2/t19-/m0/s1. The Balaban J connectivity index is 1.49. The van der Waals surface area contributed by atoms with Gasteiger partial charge in [0, 0.05) is 28.1 Å². The lowest BCUT2D eigenvalue weighted by atomic mass is 10.1. The van der Waals surface area contributed by atoms with E-state index in [2.05, 4.69) is 28.1 Å². The normalized spacial score (nSPS) is 17.8. The molecule has 1 aliphatic heterocycles. The molecule has 1 aliphatic rings. The Morgan fingerprint density at radius 2 is 1.96 bits per heavy atom. The van der Waals surface area contributed by atoms with Crippen LogP contribution in [0.15, 0.2) is 65.3 Å². The van der Waals surface area contributed by atoms with Crippen LogP contribution in [0.4, 0.5) is 0 Å². The number of rotatable bonds is 3. The van der Waals surface area contributed by atoms with E-state index in [4.69, 9.17) is 4.74 Å². The van der Waals surface area contributed by atoms with Crippen molar-refractivity contribution >= 4 is 32.7 Å². The number of fused-ring (bicyclic) bond motifs is 1. The van der Waals surface area contributed by atoms with Crippen LogP contribution >= 0.6 is 15.9 Å². The molecule has 0 bridgehead atoms. The summed E-state index contributed by atoms with van der Waals surface area (Å²) in [6.45, 7) is 2.17. The molecule has 4 nitrogen and oxygen atoms in total. The first-order chi connectivity index (χ1) is 12.2. The second-order valence-corrected chi connectivity index (χ2v) is 7.08. The van der Waals surface area contributed by atoms with Crippen LogP contribution in [0.2, 0.25) is 0 Å². The molecule has 1 atom stereocenters. The van der Waals surface area contributed by atoms with E-state index in [1.54, 1.807) is 0 Å². The maximum atomic E-state index is 12.8. The lowest BCUT2D eigenvalue weighted by molar-refractivity contribution is -0.139. The van der Waals surface area contributed by atoms with E-state index in [1.807, 2.05) is 58.1 Å². The fraction of sp³-hybridized carbons (Fsp3) is 0.250. The largest absolute Gasteiger partial charge is 0.370 e. The molecule has 2 heterocycles. The Labute approximate surface area is 155 Å². The van der Waals surface area contributed by atoms with Crippen molar-refractivity contribution in [3.8, 4) is 0 Å². The number of amides is 1. The van der Waals surface area contributed by atoms with Gasteiger partial charge in [0.2, 0.25) is 5.91 Å². The lowest BCUT2D eigenvalue weighted by Crippen LogP contribution is -2.43. The molecule has 1 amide bonds. The molecule has 0 aliphatic carbocycles. The number of carbonyl (C=O) groups is 1. The number of carbonyl (C=O) groups excluding carboxylic acids is 1. The van der Waals surface area contributed by atoms with Crippen LogP contribution in [-0.4, -0.2) is 35.1 Å². The highest BCUT2D eigenvalue weighted by atomic mass is 79.9. The highest BCUT2D eigenvalue weighted by Crippen LogP contribution is 2.25. The minimum Gasteiger partial charge on any atom is -0.370 e. The molecule has 0 radical (unpaired) electrons. The van der Waals surface area contributed by atoms with E-state index in [9.17, 15) is 4.79 Å². The second-order valence-electron chi connectivity index (χ2n) is 6.23. The van der Waals surface area contributed by atoms with Crippen molar-refractivity contribution in [1.29, 1.82) is 0 Å². The highest BCUT2D eigenvalue weighted by molar-refractivity contribution is 9.10. The molecule has 0 spiro atoms. The third kappa shape index (κ3) is 3.34. The summed E-state index contributed by atoms with van der Waals surface area (Å²) in [5.74, 6) is 0.127. The number of aromatic nitrogens is 1. The zero-order valence-corrected chi connectivity index (χ0v) is 15.4. The van der Waals surface area contributed by atoms with E-state index in [0.717, 1.165) is 20.9 Å². The maximum Gasteiger partial charge on any atom is 0.242 e. The number of halogens is 1. The Morgan fingerprint density at radius 1 is 1.12 bits per heavy atom. The molecule has 1 aromatic heterocycles. The fourth-order valence-electron chi connectivity index (χ4n) is 3.31. The summed E-state index contributed by atoms with van der Waals surface area (Å²) in [5.41, 5.74) is 2.19. The molecule has 0 N–H and O–H groups in total. The average molecular weight is 399 g/mol. The quantitative estimate of drug-likeness (QED) is 0.667. The zero-order chi connectivity index (χ0) is 17.2. The van der Waals surface area contributed by atoms with Gasteiger partial charge in [-0.15, -0.1) is 0 Å². The van der Waals surface area contributed by atoms with Crippen molar-refractivity contribution in [3.05, 3.63) is 70.8 Å². The van der Waals surface area contributed by atoms with E-state index in [-0.39, 0.29) is 12.0 Å². The highest BCUT2D eigenvalue weighted by Gasteiger charge is 2.25. The molecule has 1 saturated heterocycles. The molecular formula is C20H19BrN2O2. The van der Waals surface area contributed by atoms with Crippen molar-refractivity contribution in [2.24, 2.45) is 0 Å². The van der Waals surface area contributed by atoms with Crippen LogP contribution in [0.1, 0.15) is 11.7 Å². The summed E-state index contributed by atoms with van der Waals surface area (Å²) < 4.78 is 8.92. The first-order valence-corrected chi connectivity index (χ1v) is 9.19. The Hall–Kier alpha value is -2.11. The summed E-state index contributed by atoms with van der Waals surface area (Å²) in [6.07, 6.45) is 1.93. The molecule has 3 aromatic rings. The summed E-state index contributed by atoms with van der Waals surface area (Å²) >= 11 is 3.56. The van der Waals surface area contributed by atoms with Crippen LogP contribution < -0.4 is 0 Å². The number of morpholine rings is 1. The van der Waals surface area contributed by atoms with E-state index in [1.165, 1.54) is 0 Å². The van der Waals surface area contributed by atoms with Crippen molar-refractivity contribution in [1.82, 2.24) is 9.47 Å². The monoisotopic (exact) mass is 398 g/mol. The number of benzene rings is 2. The van der Waals surface area contributed by atoms with Crippen LogP contribution in [0, 0.1) is 0 Å². The van der Waals surface area contributed by atoms with E-state index < -0.39 is 0 Å². The van der Waals surface area contributed by atoms with Gasteiger partial charge in [-0.1, -0.05) is 52.3 Å². The Bertz CT molecular complexity index is 891. The summed E-state index contributed by atoms with van der Waals surface area (Å²) in [6, 6.07) is 18.2. The van der Waals surface area contributed by atoms with Crippen LogP contribution in [0.25, 0.3) is 10.9 Å². The van der Waals surface area contributed by atoms with Gasteiger partial charge in [0.25, 0.3) is 0 Å². The van der Waals surface area contributed by atoms with Crippen molar-refractivity contribution in [2.45, 2.75) is 12.6 Å². The predicted molar refractivity (Wildman–Crippen MR) is 101 cm³/mol. The number of hydrogen-bond acceptors (Lipinski definition) is 2. The number of ether oxygens (including phenoxy) is 1. The smallest absolute Gasteiger partial charge is 0.242 e. The van der Waals surface area contributed by atoms with Crippen LogP contribution in [0.3, 0.4) is 0 Å². The molecule has 5 heteroatoms. The summed E-state index contributed by atoms with van der Waals surface area (Å²) in [4.78, 5) is 14.7. The summed E-state index contributed by atoms with van der Waals surface area (Å²) in [7, 11) is 0. The second kappa shape index (κ2) is 7.02. The van der Waals surface area contributed by atoms with E-state index in [0.29, 0.717) is 26.2 Å². The zero-order valence-electron chi connectivity index (χ0n) is 13.8. The molecule has 1 fully saturated rings. The number of hydrogen-bond donors (Lipinski definition) is 0. The third-order valence-electron chi connectivity index (χ3n) is 4.66. The van der Waals surface area contributed by atoms with Gasteiger partial charge in [0.1, 0.15) is 12.6 Å². The minimum atomic E-state index is -0.0468. The van der Waals surface area contributed by atoms with Gasteiger partial charge < -0.3 is 14.2 Å². The van der Waals surface area contributed by atoms with Gasteiger partial charge in [-0.3, -0.25) is 4.79 Å². The first kappa shape index (κ1) is 16.4. The van der Waals surface area contributed by atoms with Crippen molar-refractivity contribution < 1.29 is 9.53 Å². The minimum absolute atomic E-state index is 0.0468. The van der Waals surface area contributed by atoms with Crippen LogP contribution in [0.5, 0.6) is 0 Å². The maximum absolute atomic E-state index is 12.8. The van der Waals surface area contributed by atoms with Gasteiger partial charge in [-0.2, -0.15) is 0 Å². The molecule has 2 aromatic carbocycles. The Morgan fingerprint density at radius 3 is 2.80 bits per heavy atom. The van der Waals surface area contributed by atoms with Gasteiger partial charge in [0.15, 0.2) is 0 Å². The van der Waals surface area contributed by atoms with Crippen LogP contribution in [-0.2, 0) is 16.1 Å². The first-order valence-electron chi connectivity index (χ1n) is 8.40. The fourth-order valence-corrected chi connectivity index (χ4v) is 3.80. The van der Waals surface area contributed by atoms with Gasteiger partial charge >= 0.3 is 0 Å². The molecule has 0 unspecified atom stereocenters. The molecular weight excluding hydrogens is 380 g/mol. The third-order valence-corrected chi connectivity index (χ3v) is 5.35. The number of nitrogens with zero attached hydrogens (tertiary/aromatic N) is 2. The predicted octanol–water partition coefficient (Wildman–Crippen LogP) is 4.00. The lowest BCUT2D eigenvalue weighted by Gasteiger charge is -2.33. The van der Waals surface area contributed by atoms with E-state index >= 15 is 0 Å². The van der Waals surface area contributed by atoms with Gasteiger partial charge in [-0.05, 0) is 23.8 Å². The molecule has 4 rings (SSSR count).